The Morgan fingerprint density at radius 1 is 1.33 bits per heavy atom. The fourth-order valence-corrected chi connectivity index (χ4v) is 2.89. The molecule has 2 rings (SSSR count). The van der Waals surface area contributed by atoms with Crippen LogP contribution in [0.5, 0.6) is 0 Å². The monoisotopic (exact) mass is 336 g/mol. The lowest BCUT2D eigenvalue weighted by Gasteiger charge is -2.34. The predicted molar refractivity (Wildman–Crippen MR) is 86.1 cm³/mol. The molecule has 2 N–H and O–H groups in total. The van der Waals surface area contributed by atoms with E-state index >= 15 is 0 Å². The smallest absolute Gasteiger partial charge is 0.341 e. The van der Waals surface area contributed by atoms with Crippen molar-refractivity contribution in [1.29, 1.82) is 0 Å². The van der Waals surface area contributed by atoms with Gasteiger partial charge in [0.2, 0.25) is 0 Å². The first-order valence-electron chi connectivity index (χ1n) is 8.13. The summed E-state index contributed by atoms with van der Waals surface area (Å²) in [6, 6.07) is -0.497. The molecular formula is C16H24N4O4. The molecule has 8 heteroatoms. The number of amides is 3. The van der Waals surface area contributed by atoms with Crippen molar-refractivity contribution in [3.63, 3.8) is 0 Å². The third kappa shape index (κ3) is 4.81. The number of urea groups is 1. The summed E-state index contributed by atoms with van der Waals surface area (Å²) in [7, 11) is 1.67. The second kappa shape index (κ2) is 7.94. The third-order valence-electron chi connectivity index (χ3n) is 4.55. The Hall–Kier alpha value is -2.38. The zero-order valence-electron chi connectivity index (χ0n) is 14.2. The lowest BCUT2D eigenvalue weighted by molar-refractivity contribution is -0.123. The van der Waals surface area contributed by atoms with Gasteiger partial charge in [0.1, 0.15) is 0 Å². The van der Waals surface area contributed by atoms with Gasteiger partial charge in [-0.15, -0.1) is 0 Å². The molecule has 1 heterocycles. The first-order valence-corrected chi connectivity index (χ1v) is 8.13. The number of esters is 1. The average molecular weight is 336 g/mol. The van der Waals surface area contributed by atoms with Crippen LogP contribution in [0, 0.1) is 11.8 Å². The summed E-state index contributed by atoms with van der Waals surface area (Å²) in [6.07, 6.45) is 5.96. The first-order chi connectivity index (χ1) is 11.4. The highest BCUT2D eigenvalue weighted by molar-refractivity contribution is 5.96. The van der Waals surface area contributed by atoms with Crippen LogP contribution < -0.4 is 10.6 Å². The summed E-state index contributed by atoms with van der Waals surface area (Å²) < 4.78 is 6.30. The van der Waals surface area contributed by atoms with Crippen LogP contribution >= 0.6 is 0 Å². The highest BCUT2D eigenvalue weighted by Crippen LogP contribution is 2.29. The molecule has 3 amide bonds. The van der Waals surface area contributed by atoms with Crippen LogP contribution in [-0.2, 0) is 16.6 Å². The normalized spacial score (nSPS) is 23.4. The highest BCUT2D eigenvalue weighted by Gasteiger charge is 2.28. The van der Waals surface area contributed by atoms with Gasteiger partial charge in [-0.05, 0) is 18.3 Å². The van der Waals surface area contributed by atoms with E-state index in [2.05, 4.69) is 29.6 Å². The van der Waals surface area contributed by atoms with E-state index in [0.29, 0.717) is 11.8 Å². The molecule has 0 aliphatic heterocycles. The van der Waals surface area contributed by atoms with Crippen LogP contribution in [0.3, 0.4) is 0 Å². The van der Waals surface area contributed by atoms with Gasteiger partial charge in [-0.1, -0.05) is 26.7 Å². The number of nitrogens with zero attached hydrogens (tertiary/aromatic N) is 2. The molecule has 132 valence electrons. The number of ether oxygens (including phenoxy) is 1. The van der Waals surface area contributed by atoms with Gasteiger partial charge in [0.15, 0.2) is 6.61 Å². The molecular weight excluding hydrogens is 312 g/mol. The van der Waals surface area contributed by atoms with Gasteiger partial charge in [0, 0.05) is 19.3 Å². The molecule has 3 atom stereocenters. The SMILES string of the molecule is C[C@@H]1[C@H](C)CCC[C@H]1NC(=O)NC(=O)COC(=O)c1cnn(C)c1. The minimum Gasteiger partial charge on any atom is -0.452 e. The largest absolute Gasteiger partial charge is 0.452 e. The molecule has 1 aliphatic carbocycles. The lowest BCUT2D eigenvalue weighted by atomic mass is 9.78. The Kier molecular flexibility index (Phi) is 5.94. The van der Waals surface area contributed by atoms with Crippen molar-refractivity contribution < 1.29 is 19.1 Å². The van der Waals surface area contributed by atoms with E-state index in [9.17, 15) is 14.4 Å². The molecule has 0 saturated heterocycles. The van der Waals surface area contributed by atoms with Crippen molar-refractivity contribution in [2.24, 2.45) is 18.9 Å². The van der Waals surface area contributed by atoms with E-state index in [1.54, 1.807) is 7.05 Å². The summed E-state index contributed by atoms with van der Waals surface area (Å²) in [4.78, 5) is 35.3. The van der Waals surface area contributed by atoms with Crippen molar-refractivity contribution in [3.05, 3.63) is 18.0 Å². The lowest BCUT2D eigenvalue weighted by Crippen LogP contribution is -2.49. The number of nitrogens with one attached hydrogen (secondary N) is 2. The van der Waals surface area contributed by atoms with Crippen LogP contribution in [0.15, 0.2) is 12.4 Å². The molecule has 0 bridgehead atoms. The van der Waals surface area contributed by atoms with Gasteiger partial charge in [-0.3, -0.25) is 14.8 Å². The minimum absolute atomic E-state index is 0.0551. The molecule has 8 nitrogen and oxygen atoms in total. The number of aryl methyl sites for hydroxylation is 1. The van der Waals surface area contributed by atoms with Crippen molar-refractivity contribution >= 4 is 17.9 Å². The minimum atomic E-state index is -0.666. The zero-order valence-corrected chi connectivity index (χ0v) is 14.2. The number of carbonyl (C=O) groups excluding carboxylic acids is 3. The number of hydrogen-bond acceptors (Lipinski definition) is 5. The van der Waals surface area contributed by atoms with Crippen LogP contribution in [0.1, 0.15) is 43.5 Å². The molecule has 1 fully saturated rings. The Labute approximate surface area is 140 Å². The van der Waals surface area contributed by atoms with Crippen LogP contribution in [-0.4, -0.2) is 40.3 Å². The fraction of sp³-hybridized carbons (Fsp3) is 0.625. The molecule has 1 saturated carbocycles. The summed E-state index contributed by atoms with van der Waals surface area (Å²) >= 11 is 0. The summed E-state index contributed by atoms with van der Waals surface area (Å²) in [6.45, 7) is 3.75. The fourth-order valence-electron chi connectivity index (χ4n) is 2.89. The number of hydrogen-bond donors (Lipinski definition) is 2. The summed E-state index contributed by atoms with van der Waals surface area (Å²) in [5.74, 6) is -0.419. The number of rotatable bonds is 4. The van der Waals surface area contributed by atoms with E-state index in [-0.39, 0.29) is 11.6 Å². The summed E-state index contributed by atoms with van der Waals surface area (Å²) in [5, 5.41) is 8.86. The van der Waals surface area contributed by atoms with Gasteiger partial charge in [0.25, 0.3) is 5.91 Å². The second-order valence-corrected chi connectivity index (χ2v) is 6.37. The van der Waals surface area contributed by atoms with Crippen LogP contribution in [0.4, 0.5) is 4.79 Å². The number of carbonyl (C=O) groups is 3. The van der Waals surface area contributed by atoms with Gasteiger partial charge in [-0.25, -0.2) is 9.59 Å². The van der Waals surface area contributed by atoms with Gasteiger partial charge < -0.3 is 10.1 Å². The highest BCUT2D eigenvalue weighted by atomic mass is 16.5. The van der Waals surface area contributed by atoms with Crippen molar-refractivity contribution in [3.8, 4) is 0 Å². The Balaban J connectivity index is 1.73. The summed E-state index contributed by atoms with van der Waals surface area (Å²) in [5.41, 5.74) is 0.250. The number of aromatic nitrogens is 2. The van der Waals surface area contributed by atoms with Crippen molar-refractivity contribution in [2.75, 3.05) is 6.61 Å². The maximum atomic E-state index is 11.9. The van der Waals surface area contributed by atoms with Crippen LogP contribution in [0.2, 0.25) is 0 Å². The molecule has 0 radical (unpaired) electrons. The molecule has 1 aliphatic rings. The second-order valence-electron chi connectivity index (χ2n) is 6.37. The quantitative estimate of drug-likeness (QED) is 0.805. The molecule has 1 aromatic rings. The average Bonchev–Trinajstić information content (AvgIpc) is 2.96. The Morgan fingerprint density at radius 3 is 2.75 bits per heavy atom. The zero-order chi connectivity index (χ0) is 17.7. The Bertz CT molecular complexity index is 613. The van der Waals surface area contributed by atoms with Crippen molar-refractivity contribution in [1.82, 2.24) is 20.4 Å². The number of imide groups is 1. The van der Waals surface area contributed by atoms with E-state index in [1.165, 1.54) is 17.1 Å². The maximum Gasteiger partial charge on any atom is 0.341 e. The van der Waals surface area contributed by atoms with E-state index < -0.39 is 24.5 Å². The molecule has 0 unspecified atom stereocenters. The third-order valence-corrected chi connectivity index (χ3v) is 4.55. The van der Waals surface area contributed by atoms with Gasteiger partial charge in [-0.2, -0.15) is 5.10 Å². The molecule has 24 heavy (non-hydrogen) atoms. The van der Waals surface area contributed by atoms with Gasteiger partial charge in [0.05, 0.1) is 11.8 Å². The standard InChI is InChI=1S/C16H24N4O4/c1-10-5-4-6-13(11(10)2)18-16(23)19-14(21)9-24-15(22)12-7-17-20(3)8-12/h7-8,10-11,13H,4-6,9H2,1-3H3,(H2,18,19,21,23)/t10-,11-,13-/m1/s1. The molecule has 0 spiro atoms. The first kappa shape index (κ1) is 18.0. The topological polar surface area (TPSA) is 102 Å². The van der Waals surface area contributed by atoms with Crippen molar-refractivity contribution in [2.45, 2.75) is 39.2 Å². The molecule has 1 aromatic heterocycles. The Morgan fingerprint density at radius 2 is 2.08 bits per heavy atom. The van der Waals surface area contributed by atoms with E-state index in [1.807, 2.05) is 0 Å². The van der Waals surface area contributed by atoms with E-state index in [0.717, 1.165) is 19.3 Å². The maximum absolute atomic E-state index is 11.9. The van der Waals surface area contributed by atoms with Gasteiger partial charge >= 0.3 is 12.0 Å². The predicted octanol–water partition coefficient (Wildman–Crippen LogP) is 1.23. The molecule has 0 aromatic carbocycles. The van der Waals surface area contributed by atoms with E-state index in [4.69, 9.17) is 4.74 Å². The van der Waals surface area contributed by atoms with Crippen LogP contribution in [0.25, 0.3) is 0 Å².